The topological polar surface area (TPSA) is 63.4 Å². The Morgan fingerprint density at radius 1 is 1.36 bits per heavy atom. The highest BCUT2D eigenvalue weighted by Gasteiger charge is 2.68. The summed E-state index contributed by atoms with van der Waals surface area (Å²) in [5, 5.41) is 20.8. The van der Waals surface area contributed by atoms with Crippen molar-refractivity contribution in [1.82, 2.24) is 0 Å². The van der Waals surface area contributed by atoms with Gasteiger partial charge in [0, 0.05) is 4.92 Å². The summed E-state index contributed by atoms with van der Waals surface area (Å²) in [5.74, 6) is 1.84. The first-order valence-electron chi connectivity index (χ1n) is 5.45. The second-order valence-corrected chi connectivity index (χ2v) is 5.27. The molecule has 0 aromatic carbocycles. The van der Waals surface area contributed by atoms with Gasteiger partial charge in [-0.25, -0.2) is 0 Å². The minimum absolute atomic E-state index is 0.231. The van der Waals surface area contributed by atoms with Crippen LogP contribution in [-0.4, -0.2) is 22.2 Å². The van der Waals surface area contributed by atoms with E-state index in [-0.39, 0.29) is 23.3 Å². The third-order valence-electron chi connectivity index (χ3n) is 4.78. The maximum atomic E-state index is 10.5. The van der Waals surface area contributed by atoms with Gasteiger partial charge in [-0.2, -0.15) is 0 Å². The van der Waals surface area contributed by atoms with Crippen molar-refractivity contribution < 1.29 is 10.0 Å². The van der Waals surface area contributed by atoms with Crippen molar-refractivity contribution in [1.29, 1.82) is 0 Å². The molecule has 0 saturated heterocycles. The molecule has 5 atom stereocenters. The fourth-order valence-corrected chi connectivity index (χ4v) is 4.28. The molecule has 1 N–H and O–H groups in total. The van der Waals surface area contributed by atoms with Crippen molar-refractivity contribution >= 4 is 0 Å². The lowest BCUT2D eigenvalue weighted by Crippen LogP contribution is -2.63. The molecule has 0 amide bonds. The van der Waals surface area contributed by atoms with Gasteiger partial charge < -0.3 is 5.11 Å². The van der Waals surface area contributed by atoms with E-state index in [0.29, 0.717) is 5.92 Å². The molecule has 0 aliphatic heterocycles. The Kier molecular flexibility index (Phi) is 1.53. The summed E-state index contributed by atoms with van der Waals surface area (Å²) < 4.78 is 0. The Morgan fingerprint density at radius 2 is 2.14 bits per heavy atom. The van der Waals surface area contributed by atoms with Crippen molar-refractivity contribution in [2.75, 3.05) is 6.54 Å². The van der Waals surface area contributed by atoms with Gasteiger partial charge in [-0.3, -0.25) is 10.1 Å². The van der Waals surface area contributed by atoms with Crippen molar-refractivity contribution in [3.8, 4) is 0 Å². The highest BCUT2D eigenvalue weighted by Crippen LogP contribution is 2.65. The molecule has 3 rings (SSSR count). The molecule has 3 saturated carbocycles. The summed E-state index contributed by atoms with van der Waals surface area (Å²) in [6.45, 7) is -0.231. The molecular weight excluding hydrogens is 182 g/mol. The van der Waals surface area contributed by atoms with E-state index in [4.69, 9.17) is 0 Å². The summed E-state index contributed by atoms with van der Waals surface area (Å²) in [6, 6.07) is 0. The van der Waals surface area contributed by atoms with Crippen LogP contribution in [0.3, 0.4) is 0 Å². The van der Waals surface area contributed by atoms with Gasteiger partial charge in [0.05, 0.1) is 0 Å². The quantitative estimate of drug-likeness (QED) is 0.531. The second kappa shape index (κ2) is 2.48. The van der Waals surface area contributed by atoms with E-state index in [1.807, 2.05) is 0 Å². The third-order valence-corrected chi connectivity index (χ3v) is 4.78. The third kappa shape index (κ3) is 0.874. The second-order valence-electron chi connectivity index (χ2n) is 5.27. The fourth-order valence-electron chi connectivity index (χ4n) is 4.28. The minimum Gasteiger partial charge on any atom is -0.382 e. The maximum Gasteiger partial charge on any atom is 0.232 e. The molecule has 0 heterocycles. The van der Waals surface area contributed by atoms with Gasteiger partial charge in [-0.1, -0.05) is 6.42 Å². The first-order valence-corrected chi connectivity index (χ1v) is 5.45. The van der Waals surface area contributed by atoms with E-state index in [1.165, 1.54) is 12.8 Å². The van der Waals surface area contributed by atoms with E-state index in [9.17, 15) is 15.2 Å². The van der Waals surface area contributed by atoms with Gasteiger partial charge in [0.1, 0.15) is 5.60 Å². The van der Waals surface area contributed by atoms with E-state index in [0.717, 1.165) is 18.8 Å². The standard InChI is InChI=1S/C10H15NO3/c12-10(5-11(13)14)8-2-1-6-3-7(8)9(10)4-6/h6-9,12H,1-5H2/t6-,7?,8+,9?,10?/m1/s1. The zero-order valence-electron chi connectivity index (χ0n) is 8.06. The average Bonchev–Trinajstić information content (AvgIpc) is 2.31. The number of nitrogens with zero attached hydrogens (tertiary/aromatic N) is 1. The predicted molar refractivity (Wildman–Crippen MR) is 49.2 cm³/mol. The number of nitro groups is 1. The van der Waals surface area contributed by atoms with Crippen LogP contribution in [0.1, 0.15) is 25.7 Å². The van der Waals surface area contributed by atoms with Gasteiger partial charge >= 0.3 is 0 Å². The van der Waals surface area contributed by atoms with Crippen LogP contribution in [0.4, 0.5) is 0 Å². The van der Waals surface area contributed by atoms with Crippen molar-refractivity contribution in [2.45, 2.75) is 31.3 Å². The summed E-state index contributed by atoms with van der Waals surface area (Å²) >= 11 is 0. The molecule has 2 bridgehead atoms. The Balaban J connectivity index is 1.85. The molecule has 4 nitrogen and oxygen atoms in total. The molecule has 0 radical (unpaired) electrons. The lowest BCUT2D eigenvalue weighted by molar-refractivity contribution is -0.516. The van der Waals surface area contributed by atoms with Crippen molar-refractivity contribution in [3.63, 3.8) is 0 Å². The normalized spacial score (nSPS) is 54.1. The highest BCUT2D eigenvalue weighted by molar-refractivity contribution is 5.15. The summed E-state index contributed by atoms with van der Waals surface area (Å²) in [6.07, 6.45) is 4.44. The number of hydrogen-bond acceptors (Lipinski definition) is 3. The van der Waals surface area contributed by atoms with Crippen LogP contribution in [0.25, 0.3) is 0 Å². The van der Waals surface area contributed by atoms with E-state index in [2.05, 4.69) is 0 Å². The van der Waals surface area contributed by atoms with Crippen LogP contribution in [0, 0.1) is 33.8 Å². The Bertz CT molecular complexity index is 285. The van der Waals surface area contributed by atoms with Gasteiger partial charge in [0.25, 0.3) is 0 Å². The Morgan fingerprint density at radius 3 is 2.86 bits per heavy atom. The maximum absolute atomic E-state index is 10.5. The summed E-state index contributed by atoms with van der Waals surface area (Å²) in [4.78, 5) is 10.2. The van der Waals surface area contributed by atoms with Crippen LogP contribution >= 0.6 is 0 Å². The molecule has 0 aromatic rings. The highest BCUT2D eigenvalue weighted by atomic mass is 16.6. The SMILES string of the molecule is O=[N+]([O-])CC1(O)C2C[C@@H]3CC[C@H]1C2C3. The lowest BCUT2D eigenvalue weighted by Gasteiger charge is -2.54. The van der Waals surface area contributed by atoms with E-state index in [1.54, 1.807) is 0 Å². The molecule has 0 aromatic heterocycles. The molecule has 3 unspecified atom stereocenters. The van der Waals surface area contributed by atoms with Crippen LogP contribution in [0.5, 0.6) is 0 Å². The van der Waals surface area contributed by atoms with Gasteiger partial charge in [0.2, 0.25) is 6.54 Å². The first-order chi connectivity index (χ1) is 6.61. The Hall–Kier alpha value is -0.640. The largest absolute Gasteiger partial charge is 0.382 e. The number of rotatable bonds is 2. The lowest BCUT2D eigenvalue weighted by atomic mass is 9.53. The molecule has 78 valence electrons. The zero-order valence-corrected chi connectivity index (χ0v) is 8.06. The molecular formula is C10H15NO3. The smallest absolute Gasteiger partial charge is 0.232 e. The van der Waals surface area contributed by atoms with Crippen molar-refractivity contribution in [2.24, 2.45) is 23.7 Å². The van der Waals surface area contributed by atoms with Gasteiger partial charge in [-0.15, -0.1) is 0 Å². The van der Waals surface area contributed by atoms with E-state index >= 15 is 0 Å². The van der Waals surface area contributed by atoms with E-state index < -0.39 is 5.60 Å². The molecule has 3 fully saturated rings. The van der Waals surface area contributed by atoms with Crippen LogP contribution in [-0.2, 0) is 0 Å². The predicted octanol–water partition coefficient (Wildman–Crippen LogP) is 1.06. The van der Waals surface area contributed by atoms with Gasteiger partial charge in [-0.05, 0) is 42.9 Å². The molecule has 3 aliphatic carbocycles. The fraction of sp³-hybridized carbons (Fsp3) is 1.00. The molecule has 3 aliphatic rings. The van der Waals surface area contributed by atoms with Gasteiger partial charge in [0.15, 0.2) is 0 Å². The number of fused-ring (bicyclic) bond motifs is 1. The number of aliphatic hydroxyl groups is 1. The minimum atomic E-state index is -0.945. The Labute approximate surface area is 82.5 Å². The number of hydrogen-bond donors (Lipinski definition) is 1. The van der Waals surface area contributed by atoms with Crippen LogP contribution < -0.4 is 0 Å². The zero-order chi connectivity index (χ0) is 9.92. The molecule has 14 heavy (non-hydrogen) atoms. The average molecular weight is 197 g/mol. The monoisotopic (exact) mass is 197 g/mol. The van der Waals surface area contributed by atoms with Crippen LogP contribution in [0.15, 0.2) is 0 Å². The van der Waals surface area contributed by atoms with Crippen molar-refractivity contribution in [3.05, 3.63) is 10.1 Å². The molecule has 0 spiro atoms. The molecule has 4 heteroatoms. The first kappa shape index (κ1) is 8.65. The van der Waals surface area contributed by atoms with Crippen LogP contribution in [0.2, 0.25) is 0 Å². The summed E-state index contributed by atoms with van der Waals surface area (Å²) in [7, 11) is 0. The summed E-state index contributed by atoms with van der Waals surface area (Å²) in [5.41, 5.74) is -0.945.